The third kappa shape index (κ3) is 7.30. The number of benzene rings is 1. The van der Waals surface area contributed by atoms with Crippen LogP contribution in [0.15, 0.2) is 24.3 Å². The van der Waals surface area contributed by atoms with Crippen molar-refractivity contribution < 1.29 is 37.3 Å². The summed E-state index contributed by atoms with van der Waals surface area (Å²) in [7, 11) is 1.44. The number of quaternary nitrogens is 1. The molecule has 1 N–H and O–H groups in total. The number of alkyl halides is 3. The van der Waals surface area contributed by atoms with Crippen molar-refractivity contribution in [2.45, 2.75) is 64.7 Å². The van der Waals surface area contributed by atoms with Gasteiger partial charge in [0, 0.05) is 23.6 Å². The molecule has 0 spiro atoms. The maximum Gasteiger partial charge on any atom is 0.573 e. The average molecular weight is 573 g/mol. The highest BCUT2D eigenvalue weighted by atomic mass is 32.1. The summed E-state index contributed by atoms with van der Waals surface area (Å²) >= 11 is 1.03. The molecule has 2 aliphatic rings. The van der Waals surface area contributed by atoms with Crippen LogP contribution in [-0.4, -0.2) is 62.0 Å². The average Bonchev–Trinajstić information content (AvgIpc) is 3.27. The highest BCUT2D eigenvalue weighted by molar-refractivity contribution is 7.20. The number of rotatable bonds is 10. The molecule has 12 heteroatoms. The van der Waals surface area contributed by atoms with E-state index in [4.69, 9.17) is 9.47 Å². The zero-order valence-corrected chi connectivity index (χ0v) is 23.1. The molecule has 3 heterocycles. The topological polar surface area (TPSA) is 91.3 Å². The lowest BCUT2D eigenvalue weighted by Crippen LogP contribution is -2.54. The molecule has 39 heavy (non-hydrogen) atoms. The van der Waals surface area contributed by atoms with Gasteiger partial charge < -0.3 is 29.2 Å². The van der Waals surface area contributed by atoms with Crippen molar-refractivity contribution in [1.82, 2.24) is 9.55 Å². The molecule has 0 radical (unpaired) electrons. The predicted molar refractivity (Wildman–Crippen MR) is 142 cm³/mol. The lowest BCUT2D eigenvalue weighted by molar-refractivity contribution is -0.274. The summed E-state index contributed by atoms with van der Waals surface area (Å²) in [5.41, 5.74) is 0.731. The molecule has 0 aliphatic carbocycles. The largest absolute Gasteiger partial charge is 0.626 e. The van der Waals surface area contributed by atoms with Crippen molar-refractivity contribution >= 4 is 22.2 Å². The van der Waals surface area contributed by atoms with Crippen LogP contribution >= 0.6 is 11.3 Å². The molecule has 1 aromatic heterocycles. The molecule has 8 nitrogen and oxygen atoms in total. The minimum Gasteiger partial charge on any atom is -0.626 e. The Balaban J connectivity index is 1.65. The first-order valence-electron chi connectivity index (χ1n) is 13.2. The molecule has 3 unspecified atom stereocenters. The standard InChI is InChI=1S/C27H35F3N2O6S/c1-17(2)14-20(33)22-23-25(34)31(11-7-13-37-21-10-4-5-12-36-21)16-32(3,35)26(23)39-24(22)18-8-6-9-19(15-18)38-27(28,29)30/h6,8-9,15,17,20-21,33H,4-5,7,10-14,16H2,1-3H3. The van der Waals surface area contributed by atoms with Gasteiger partial charge in [0.15, 0.2) is 13.0 Å². The van der Waals surface area contributed by atoms with E-state index in [9.17, 15) is 28.3 Å². The smallest absolute Gasteiger partial charge is 0.573 e. The van der Waals surface area contributed by atoms with Crippen LogP contribution in [0.2, 0.25) is 0 Å². The number of amides is 1. The lowest BCUT2D eigenvalue weighted by Gasteiger charge is -2.44. The quantitative estimate of drug-likeness (QED) is 0.208. The Bertz CT molecular complexity index is 1150. The van der Waals surface area contributed by atoms with Crippen LogP contribution in [0.25, 0.3) is 10.4 Å². The van der Waals surface area contributed by atoms with Crippen molar-refractivity contribution in [3.8, 4) is 16.2 Å². The van der Waals surface area contributed by atoms with Gasteiger partial charge in [-0.05, 0) is 55.7 Å². The molecule has 3 atom stereocenters. The maximum absolute atomic E-state index is 13.7. The van der Waals surface area contributed by atoms with E-state index >= 15 is 0 Å². The van der Waals surface area contributed by atoms with Gasteiger partial charge in [-0.2, -0.15) is 0 Å². The molecule has 2 aromatic rings. The second-order valence-corrected chi connectivity index (χ2v) is 11.6. The van der Waals surface area contributed by atoms with Gasteiger partial charge in [0.05, 0.1) is 19.8 Å². The summed E-state index contributed by atoms with van der Waals surface area (Å²) in [6.45, 7) is 5.02. The molecule has 2 aliphatic heterocycles. The van der Waals surface area contributed by atoms with Crippen molar-refractivity contribution in [2.24, 2.45) is 5.92 Å². The molecule has 1 aromatic carbocycles. The first kappa shape index (κ1) is 29.8. The van der Waals surface area contributed by atoms with Crippen LogP contribution in [0.5, 0.6) is 5.75 Å². The van der Waals surface area contributed by atoms with E-state index in [1.54, 1.807) is 6.07 Å². The van der Waals surface area contributed by atoms with E-state index in [1.165, 1.54) is 30.1 Å². The number of thiophene rings is 1. The molecular formula is C27H35F3N2O6S. The normalized spacial score (nSPS) is 22.7. The van der Waals surface area contributed by atoms with Gasteiger partial charge in [-0.25, -0.2) is 0 Å². The van der Waals surface area contributed by atoms with E-state index in [2.05, 4.69) is 4.74 Å². The molecule has 0 saturated carbocycles. The van der Waals surface area contributed by atoms with Crippen molar-refractivity contribution in [3.05, 3.63) is 40.6 Å². The summed E-state index contributed by atoms with van der Waals surface area (Å²) in [6, 6.07) is 5.37. The van der Waals surface area contributed by atoms with Crippen molar-refractivity contribution in [1.29, 1.82) is 0 Å². The Morgan fingerprint density at radius 2 is 2.08 bits per heavy atom. The highest BCUT2D eigenvalue weighted by Gasteiger charge is 2.42. The third-order valence-electron chi connectivity index (χ3n) is 6.67. The Kier molecular flexibility index (Phi) is 9.24. The molecule has 1 fully saturated rings. The van der Waals surface area contributed by atoms with Crippen molar-refractivity contribution in [2.75, 3.05) is 33.5 Å². The van der Waals surface area contributed by atoms with Crippen LogP contribution in [0.1, 0.15) is 68.0 Å². The predicted octanol–water partition coefficient (Wildman–Crippen LogP) is 6.17. The molecule has 1 amide bonds. The van der Waals surface area contributed by atoms with Gasteiger partial charge in [-0.3, -0.25) is 9.69 Å². The molecular weight excluding hydrogens is 537 g/mol. The van der Waals surface area contributed by atoms with E-state index < -0.39 is 22.9 Å². The van der Waals surface area contributed by atoms with Gasteiger partial charge in [-0.15, -0.1) is 13.2 Å². The van der Waals surface area contributed by atoms with Gasteiger partial charge in [0.25, 0.3) is 5.91 Å². The maximum atomic E-state index is 13.7. The van der Waals surface area contributed by atoms with E-state index in [1.807, 2.05) is 13.8 Å². The minimum atomic E-state index is -4.87. The number of hydrogen-bond donors (Lipinski definition) is 1. The third-order valence-corrected chi connectivity index (χ3v) is 8.11. The highest BCUT2D eigenvalue weighted by Crippen LogP contribution is 2.50. The van der Waals surface area contributed by atoms with Gasteiger partial charge in [0.1, 0.15) is 11.3 Å². The molecule has 216 valence electrons. The van der Waals surface area contributed by atoms with Crippen LogP contribution < -0.4 is 9.38 Å². The molecule has 1 saturated heterocycles. The fourth-order valence-electron chi connectivity index (χ4n) is 5.00. The Morgan fingerprint density at radius 1 is 1.31 bits per heavy atom. The number of nitrogens with zero attached hydrogens (tertiary/aromatic N) is 2. The summed E-state index contributed by atoms with van der Waals surface area (Å²) in [5.74, 6) is -0.747. The Hall–Kier alpha value is -2.22. The van der Waals surface area contributed by atoms with Gasteiger partial charge in [-0.1, -0.05) is 37.3 Å². The Morgan fingerprint density at radius 3 is 2.74 bits per heavy atom. The molecule has 4 rings (SSSR count). The van der Waals surface area contributed by atoms with Gasteiger partial charge in [0.2, 0.25) is 5.00 Å². The number of ether oxygens (including phenoxy) is 3. The minimum absolute atomic E-state index is 0.0605. The SMILES string of the molecule is CC(C)CC(O)c1c(-c2cccc(OC(F)(F)F)c2)sc2c1C(=O)N(CCCOC1CCCCO1)C[N+]2(C)[O-]. The van der Waals surface area contributed by atoms with E-state index in [0.29, 0.717) is 36.5 Å². The lowest BCUT2D eigenvalue weighted by atomic mass is 9.93. The zero-order chi connectivity index (χ0) is 28.4. The first-order valence-corrected chi connectivity index (χ1v) is 14.0. The second kappa shape index (κ2) is 12.1. The van der Waals surface area contributed by atoms with E-state index in [0.717, 1.165) is 30.6 Å². The van der Waals surface area contributed by atoms with Crippen LogP contribution in [-0.2, 0) is 9.47 Å². The first-order chi connectivity index (χ1) is 18.4. The van der Waals surface area contributed by atoms with Gasteiger partial charge >= 0.3 is 6.36 Å². The summed E-state index contributed by atoms with van der Waals surface area (Å²) < 4.78 is 53.2. The van der Waals surface area contributed by atoms with E-state index in [-0.39, 0.29) is 47.5 Å². The van der Waals surface area contributed by atoms with Crippen LogP contribution in [0.4, 0.5) is 18.2 Å². The van der Waals surface area contributed by atoms with Crippen LogP contribution in [0, 0.1) is 11.1 Å². The number of hydrogen-bond acceptors (Lipinski definition) is 7. The second-order valence-electron chi connectivity index (χ2n) is 10.6. The molecule has 0 bridgehead atoms. The monoisotopic (exact) mass is 572 g/mol. The summed E-state index contributed by atoms with van der Waals surface area (Å²) in [6.07, 6.45) is -2.54. The number of hydroxylamine groups is 2. The number of carbonyl (C=O) groups excluding carboxylic acids is 1. The fourth-order valence-corrected chi connectivity index (χ4v) is 6.34. The number of halogens is 3. The number of fused-ring (bicyclic) bond motifs is 1. The van der Waals surface area contributed by atoms with Crippen molar-refractivity contribution in [3.63, 3.8) is 0 Å². The number of carbonyl (C=O) groups is 1. The number of aliphatic hydroxyl groups is 1. The summed E-state index contributed by atoms with van der Waals surface area (Å²) in [4.78, 5) is 15.6. The number of aliphatic hydroxyl groups excluding tert-OH is 1. The summed E-state index contributed by atoms with van der Waals surface area (Å²) in [5, 5.41) is 25.2. The van der Waals surface area contributed by atoms with Crippen LogP contribution in [0.3, 0.4) is 0 Å². The Labute approximate surface area is 230 Å². The fraction of sp³-hybridized carbons (Fsp3) is 0.593. The zero-order valence-electron chi connectivity index (χ0n) is 22.3.